The Hall–Kier alpha value is -3.38. The number of carbonyl (C=O) groups is 2. The number of aryl methyl sites for hydroxylation is 1. The van der Waals surface area contributed by atoms with Crippen molar-refractivity contribution in [2.45, 2.75) is 13.8 Å². The third kappa shape index (κ3) is 3.21. The largest absolute Gasteiger partial charge is 0.495 e. The number of imide groups is 1. The third-order valence-corrected chi connectivity index (χ3v) is 5.93. The number of carbonyl (C=O) groups excluding carboxylic acids is 2. The van der Waals surface area contributed by atoms with Crippen molar-refractivity contribution in [1.82, 2.24) is 0 Å². The fourth-order valence-electron chi connectivity index (χ4n) is 3.35. The van der Waals surface area contributed by atoms with Crippen LogP contribution in [0.4, 0.5) is 11.4 Å². The minimum Gasteiger partial charge on any atom is -0.495 e. The Balaban J connectivity index is 1.84. The number of para-hydroxylation sites is 2. The van der Waals surface area contributed by atoms with E-state index in [4.69, 9.17) is 4.74 Å². The van der Waals surface area contributed by atoms with Gasteiger partial charge in [0.15, 0.2) is 0 Å². The molecule has 0 bridgehead atoms. The van der Waals surface area contributed by atoms with Gasteiger partial charge in [0, 0.05) is 10.6 Å². The van der Waals surface area contributed by atoms with Crippen LogP contribution in [0.2, 0.25) is 0 Å². The van der Waals surface area contributed by atoms with E-state index in [1.165, 1.54) is 23.3 Å². The highest BCUT2D eigenvalue weighted by atomic mass is 32.1. The van der Waals surface area contributed by atoms with Crippen molar-refractivity contribution in [3.63, 3.8) is 0 Å². The van der Waals surface area contributed by atoms with Gasteiger partial charge in [0.2, 0.25) is 0 Å². The van der Waals surface area contributed by atoms with Crippen LogP contribution in [-0.4, -0.2) is 18.9 Å². The van der Waals surface area contributed by atoms with Crippen molar-refractivity contribution in [1.29, 1.82) is 0 Å². The van der Waals surface area contributed by atoms with Crippen LogP contribution in [0.15, 0.2) is 65.7 Å². The Morgan fingerprint density at radius 3 is 2.45 bits per heavy atom. The number of anilines is 2. The number of thiophene rings is 1. The molecule has 0 unspecified atom stereocenters. The van der Waals surface area contributed by atoms with Crippen LogP contribution in [0.25, 0.3) is 5.57 Å². The highest BCUT2D eigenvalue weighted by Crippen LogP contribution is 2.39. The Morgan fingerprint density at radius 1 is 0.931 bits per heavy atom. The summed E-state index contributed by atoms with van der Waals surface area (Å²) in [6.45, 7) is 4.00. The van der Waals surface area contributed by atoms with Crippen LogP contribution >= 0.6 is 11.3 Å². The van der Waals surface area contributed by atoms with E-state index in [9.17, 15) is 9.59 Å². The third-order valence-electron chi connectivity index (χ3n) is 5.04. The van der Waals surface area contributed by atoms with Crippen molar-refractivity contribution in [3.05, 3.63) is 81.7 Å². The molecule has 4 rings (SSSR count). The number of nitrogens with one attached hydrogen (secondary N) is 1. The molecule has 0 fully saturated rings. The molecule has 3 aromatic rings. The van der Waals surface area contributed by atoms with Gasteiger partial charge in [-0.1, -0.05) is 30.3 Å². The van der Waals surface area contributed by atoms with Gasteiger partial charge >= 0.3 is 0 Å². The lowest BCUT2D eigenvalue weighted by atomic mass is 10.1. The molecule has 1 aliphatic rings. The monoisotopic (exact) mass is 404 g/mol. The van der Waals surface area contributed by atoms with Crippen molar-refractivity contribution in [2.75, 3.05) is 17.3 Å². The molecule has 2 heterocycles. The van der Waals surface area contributed by atoms with E-state index in [0.717, 1.165) is 21.7 Å². The van der Waals surface area contributed by atoms with E-state index in [1.807, 2.05) is 49.6 Å². The summed E-state index contributed by atoms with van der Waals surface area (Å²) in [5.41, 5.74) is 4.01. The van der Waals surface area contributed by atoms with E-state index >= 15 is 0 Å². The molecule has 0 spiro atoms. The first-order valence-electron chi connectivity index (χ1n) is 9.16. The van der Waals surface area contributed by atoms with Gasteiger partial charge in [-0.15, -0.1) is 11.3 Å². The smallest absolute Gasteiger partial charge is 0.282 e. The van der Waals surface area contributed by atoms with Gasteiger partial charge in [-0.05, 0) is 54.6 Å². The first kappa shape index (κ1) is 19.0. The van der Waals surface area contributed by atoms with Crippen LogP contribution in [0, 0.1) is 13.8 Å². The lowest BCUT2D eigenvalue weighted by molar-refractivity contribution is -0.120. The standard InChI is InChI=1S/C23H20N2O3S/c1-14-8-6-9-16(15(14)2)24-21-20(19-12-7-13-29-19)22(26)25(23(21)27)17-10-4-5-11-18(17)28-3/h4-13,24H,1-3H3. The maximum absolute atomic E-state index is 13.4. The van der Waals surface area contributed by atoms with Crippen LogP contribution in [0.1, 0.15) is 16.0 Å². The fraction of sp³-hybridized carbons (Fsp3) is 0.130. The number of methoxy groups -OCH3 is 1. The van der Waals surface area contributed by atoms with Gasteiger partial charge in [0.1, 0.15) is 11.4 Å². The topological polar surface area (TPSA) is 58.6 Å². The van der Waals surface area contributed by atoms with Crippen LogP contribution in [0.3, 0.4) is 0 Å². The summed E-state index contributed by atoms with van der Waals surface area (Å²) in [6.07, 6.45) is 0. The molecule has 0 saturated heterocycles. The molecule has 1 aromatic heterocycles. The maximum atomic E-state index is 13.4. The van der Waals surface area contributed by atoms with Crippen molar-refractivity contribution < 1.29 is 14.3 Å². The zero-order chi connectivity index (χ0) is 20.5. The summed E-state index contributed by atoms with van der Waals surface area (Å²) in [7, 11) is 1.52. The summed E-state index contributed by atoms with van der Waals surface area (Å²) in [5.74, 6) is -0.300. The lowest BCUT2D eigenvalue weighted by Crippen LogP contribution is -2.32. The molecule has 29 heavy (non-hydrogen) atoms. The zero-order valence-electron chi connectivity index (χ0n) is 16.4. The molecule has 0 saturated carbocycles. The molecule has 0 aliphatic carbocycles. The second kappa shape index (κ2) is 7.56. The summed E-state index contributed by atoms with van der Waals surface area (Å²) in [5, 5.41) is 5.13. The molecule has 1 N–H and O–H groups in total. The van der Waals surface area contributed by atoms with Gasteiger partial charge in [-0.2, -0.15) is 0 Å². The normalized spacial score (nSPS) is 14.0. The molecular formula is C23H20N2O3S. The van der Waals surface area contributed by atoms with Crippen molar-refractivity contribution >= 4 is 40.1 Å². The number of ether oxygens (including phenoxy) is 1. The van der Waals surface area contributed by atoms with Crippen molar-refractivity contribution in [3.8, 4) is 5.75 Å². The number of benzene rings is 2. The molecule has 1 aliphatic heterocycles. The van der Waals surface area contributed by atoms with E-state index in [0.29, 0.717) is 17.0 Å². The molecule has 2 amide bonds. The molecule has 5 nitrogen and oxygen atoms in total. The molecule has 6 heteroatoms. The highest BCUT2D eigenvalue weighted by molar-refractivity contribution is 7.11. The SMILES string of the molecule is COc1ccccc1N1C(=O)C(Nc2cccc(C)c2C)=C(c2cccs2)C1=O. The predicted molar refractivity (Wildman–Crippen MR) is 116 cm³/mol. The molecule has 146 valence electrons. The lowest BCUT2D eigenvalue weighted by Gasteiger charge is -2.18. The fourth-order valence-corrected chi connectivity index (χ4v) is 4.12. The van der Waals surface area contributed by atoms with Crippen LogP contribution in [0.5, 0.6) is 5.75 Å². The van der Waals surface area contributed by atoms with E-state index in [1.54, 1.807) is 24.3 Å². The predicted octanol–water partition coefficient (Wildman–Crippen LogP) is 4.77. The Labute approximate surface area is 173 Å². The Bertz CT molecular complexity index is 1130. The van der Waals surface area contributed by atoms with Gasteiger partial charge in [-0.3, -0.25) is 9.59 Å². The minimum absolute atomic E-state index is 0.275. The molecule has 0 atom stereocenters. The molecule has 2 aromatic carbocycles. The Morgan fingerprint density at radius 2 is 1.72 bits per heavy atom. The Kier molecular flexibility index (Phi) is 4.94. The summed E-state index contributed by atoms with van der Waals surface area (Å²) in [6, 6.07) is 16.6. The van der Waals surface area contributed by atoms with Gasteiger partial charge < -0.3 is 10.1 Å². The number of nitrogens with zero attached hydrogens (tertiary/aromatic N) is 1. The van der Waals surface area contributed by atoms with E-state index < -0.39 is 5.91 Å². The van der Waals surface area contributed by atoms with E-state index in [-0.39, 0.29) is 11.6 Å². The average Bonchev–Trinajstić information content (AvgIpc) is 3.32. The quantitative estimate of drug-likeness (QED) is 0.623. The molecule has 0 radical (unpaired) electrons. The van der Waals surface area contributed by atoms with Gasteiger partial charge in [0.25, 0.3) is 11.8 Å². The second-order valence-corrected chi connectivity index (χ2v) is 7.67. The molecular weight excluding hydrogens is 384 g/mol. The number of hydrogen-bond acceptors (Lipinski definition) is 5. The van der Waals surface area contributed by atoms with Gasteiger partial charge in [0.05, 0.1) is 18.4 Å². The summed E-state index contributed by atoms with van der Waals surface area (Å²) >= 11 is 1.43. The number of amides is 2. The highest BCUT2D eigenvalue weighted by Gasteiger charge is 2.41. The van der Waals surface area contributed by atoms with Gasteiger partial charge in [-0.25, -0.2) is 4.90 Å². The zero-order valence-corrected chi connectivity index (χ0v) is 17.2. The number of rotatable bonds is 5. The first-order chi connectivity index (χ1) is 14.0. The first-order valence-corrected chi connectivity index (χ1v) is 10.0. The maximum Gasteiger partial charge on any atom is 0.282 e. The average molecular weight is 404 g/mol. The van der Waals surface area contributed by atoms with E-state index in [2.05, 4.69) is 5.32 Å². The summed E-state index contributed by atoms with van der Waals surface area (Å²) < 4.78 is 5.39. The summed E-state index contributed by atoms with van der Waals surface area (Å²) in [4.78, 5) is 28.7. The van der Waals surface area contributed by atoms with Crippen molar-refractivity contribution in [2.24, 2.45) is 0 Å². The minimum atomic E-state index is -0.399. The number of hydrogen-bond donors (Lipinski definition) is 1. The second-order valence-electron chi connectivity index (χ2n) is 6.72. The van der Waals surface area contributed by atoms with Crippen LogP contribution < -0.4 is 15.0 Å². The van der Waals surface area contributed by atoms with Crippen LogP contribution in [-0.2, 0) is 9.59 Å².